The zero-order valence-electron chi connectivity index (χ0n) is 9.34. The van der Waals surface area contributed by atoms with Crippen molar-refractivity contribution in [1.82, 2.24) is 0 Å². The topological polar surface area (TPSA) is 21.8 Å². The van der Waals surface area contributed by atoms with E-state index in [-0.39, 0.29) is 0 Å². The van der Waals surface area contributed by atoms with Gasteiger partial charge in [0.15, 0.2) is 0 Å². The number of hydrogen-bond donors (Lipinski definition) is 0. The predicted molar refractivity (Wildman–Crippen MR) is 56.7 cm³/mol. The summed E-state index contributed by atoms with van der Waals surface area (Å²) < 4.78 is 12.0. The van der Waals surface area contributed by atoms with Crippen molar-refractivity contribution in [1.29, 1.82) is 0 Å². The molecule has 0 amide bonds. The first-order valence-electron chi connectivity index (χ1n) is 6.61. The Kier molecular flexibility index (Phi) is 1.67. The first-order chi connectivity index (χ1) is 7.33. The quantitative estimate of drug-likeness (QED) is 0.571. The summed E-state index contributed by atoms with van der Waals surface area (Å²) in [4.78, 5) is 0. The number of rotatable bonds is 0. The molecule has 2 saturated heterocycles. The molecule has 15 heavy (non-hydrogen) atoms. The van der Waals surface area contributed by atoms with E-state index in [2.05, 4.69) is 0 Å². The van der Waals surface area contributed by atoms with Gasteiger partial charge in [0.1, 0.15) is 0 Å². The summed E-state index contributed by atoms with van der Waals surface area (Å²) in [5.74, 6) is 1.64. The van der Waals surface area contributed by atoms with Gasteiger partial charge in [-0.25, -0.2) is 0 Å². The maximum atomic E-state index is 6.26. The van der Waals surface area contributed by atoms with Crippen molar-refractivity contribution in [3.05, 3.63) is 0 Å². The third-order valence-electron chi connectivity index (χ3n) is 5.37. The summed E-state index contributed by atoms with van der Waals surface area (Å²) in [6, 6.07) is 0. The van der Waals surface area contributed by atoms with Crippen LogP contribution in [-0.2, 0) is 9.47 Å². The van der Waals surface area contributed by atoms with Crippen LogP contribution in [0.15, 0.2) is 0 Å². The van der Waals surface area contributed by atoms with Gasteiger partial charge in [-0.15, -0.1) is 0 Å². The van der Waals surface area contributed by atoms with Gasteiger partial charge >= 0.3 is 0 Å². The van der Waals surface area contributed by atoms with Gasteiger partial charge in [0.2, 0.25) is 0 Å². The van der Waals surface area contributed by atoms with Crippen molar-refractivity contribution < 1.29 is 9.47 Å². The van der Waals surface area contributed by atoms with E-state index in [9.17, 15) is 0 Å². The number of epoxide rings is 1. The largest absolute Gasteiger partial charge is 0.374 e. The van der Waals surface area contributed by atoms with Gasteiger partial charge in [0.05, 0.1) is 17.8 Å². The third kappa shape index (κ3) is 1.13. The van der Waals surface area contributed by atoms with Crippen LogP contribution >= 0.6 is 0 Å². The molecule has 2 saturated carbocycles. The molecule has 4 fully saturated rings. The van der Waals surface area contributed by atoms with E-state index < -0.39 is 0 Å². The zero-order chi connectivity index (χ0) is 9.93. The van der Waals surface area contributed by atoms with Crippen molar-refractivity contribution in [2.75, 3.05) is 13.2 Å². The predicted octanol–water partition coefficient (Wildman–Crippen LogP) is 2.51. The van der Waals surface area contributed by atoms with E-state index in [0.717, 1.165) is 25.0 Å². The Morgan fingerprint density at radius 2 is 1.67 bits per heavy atom. The molecular formula is C13H20O2. The Bertz CT molecular complexity index is 258. The fraction of sp³-hybridized carbons (Fsp3) is 1.00. The van der Waals surface area contributed by atoms with E-state index >= 15 is 0 Å². The number of ether oxygens (including phenoxy) is 2. The van der Waals surface area contributed by atoms with E-state index in [4.69, 9.17) is 9.47 Å². The lowest BCUT2D eigenvalue weighted by Crippen LogP contribution is -2.51. The fourth-order valence-electron chi connectivity index (χ4n) is 4.57. The molecule has 0 aromatic heterocycles. The van der Waals surface area contributed by atoms with Crippen molar-refractivity contribution >= 4 is 0 Å². The first-order valence-corrected chi connectivity index (χ1v) is 6.61. The van der Waals surface area contributed by atoms with Gasteiger partial charge in [-0.2, -0.15) is 0 Å². The van der Waals surface area contributed by atoms with Crippen LogP contribution in [0.3, 0.4) is 0 Å². The molecule has 0 aromatic carbocycles. The SMILES string of the molecule is C1CCC2(OC1)C1CCC2CC2(CO2)C1. The molecule has 2 aliphatic carbocycles. The molecule has 2 spiro atoms. The summed E-state index contributed by atoms with van der Waals surface area (Å²) in [5.41, 5.74) is 0.632. The molecular weight excluding hydrogens is 188 g/mol. The molecule has 2 unspecified atom stereocenters. The van der Waals surface area contributed by atoms with Crippen molar-refractivity contribution in [2.45, 2.75) is 56.1 Å². The van der Waals surface area contributed by atoms with E-state index in [1.165, 1.54) is 44.9 Å². The maximum absolute atomic E-state index is 6.26. The van der Waals surface area contributed by atoms with Crippen molar-refractivity contribution in [3.63, 3.8) is 0 Å². The Hall–Kier alpha value is -0.0800. The maximum Gasteiger partial charge on any atom is 0.0924 e. The molecule has 4 aliphatic rings. The van der Waals surface area contributed by atoms with E-state index in [0.29, 0.717) is 11.2 Å². The normalized spacial score (nSPS) is 57.6. The fourth-order valence-corrected chi connectivity index (χ4v) is 4.57. The monoisotopic (exact) mass is 208 g/mol. The highest BCUT2D eigenvalue weighted by molar-refractivity contribution is 5.13. The van der Waals surface area contributed by atoms with Gasteiger partial charge < -0.3 is 9.47 Å². The van der Waals surface area contributed by atoms with Crippen LogP contribution in [0.1, 0.15) is 44.9 Å². The van der Waals surface area contributed by atoms with E-state index in [1.807, 2.05) is 0 Å². The van der Waals surface area contributed by atoms with Gasteiger partial charge in [-0.3, -0.25) is 0 Å². The van der Waals surface area contributed by atoms with Crippen molar-refractivity contribution in [2.24, 2.45) is 11.8 Å². The molecule has 2 heterocycles. The lowest BCUT2D eigenvalue weighted by molar-refractivity contribution is -0.154. The summed E-state index contributed by atoms with van der Waals surface area (Å²) in [6.45, 7) is 2.05. The Balaban J connectivity index is 1.65. The first kappa shape index (κ1) is 9.00. The zero-order valence-corrected chi connectivity index (χ0v) is 9.34. The molecule has 2 aliphatic heterocycles. The Morgan fingerprint density at radius 1 is 0.933 bits per heavy atom. The number of hydrogen-bond acceptors (Lipinski definition) is 2. The summed E-state index contributed by atoms with van der Waals surface area (Å²) in [5, 5.41) is 0. The second-order valence-electron chi connectivity index (χ2n) is 6.11. The van der Waals surface area contributed by atoms with Crippen LogP contribution in [0.4, 0.5) is 0 Å². The Morgan fingerprint density at radius 3 is 2.20 bits per heavy atom. The minimum Gasteiger partial charge on any atom is -0.374 e. The molecule has 2 nitrogen and oxygen atoms in total. The highest BCUT2D eigenvalue weighted by Gasteiger charge is 2.63. The Labute approximate surface area is 91.3 Å². The second-order valence-corrected chi connectivity index (χ2v) is 6.11. The smallest absolute Gasteiger partial charge is 0.0924 e. The molecule has 0 radical (unpaired) electrons. The minimum absolute atomic E-state index is 0.301. The summed E-state index contributed by atoms with van der Waals surface area (Å²) in [7, 11) is 0. The average Bonchev–Trinajstić information content (AvgIpc) is 3.00. The average molecular weight is 208 g/mol. The van der Waals surface area contributed by atoms with Crippen molar-refractivity contribution in [3.8, 4) is 0 Å². The van der Waals surface area contributed by atoms with Gasteiger partial charge in [0, 0.05) is 6.61 Å². The minimum atomic E-state index is 0.301. The van der Waals surface area contributed by atoms with Gasteiger partial charge in [-0.1, -0.05) is 0 Å². The van der Waals surface area contributed by atoms with Crippen LogP contribution in [0.2, 0.25) is 0 Å². The molecule has 84 valence electrons. The molecule has 4 rings (SSSR count). The van der Waals surface area contributed by atoms with Crippen LogP contribution < -0.4 is 0 Å². The molecule has 0 aromatic rings. The third-order valence-corrected chi connectivity index (χ3v) is 5.37. The van der Waals surface area contributed by atoms with Crippen LogP contribution in [0.5, 0.6) is 0 Å². The lowest BCUT2D eigenvalue weighted by Gasteiger charge is -2.48. The lowest BCUT2D eigenvalue weighted by atomic mass is 9.67. The molecule has 2 atom stereocenters. The van der Waals surface area contributed by atoms with Crippen LogP contribution in [0, 0.1) is 11.8 Å². The highest BCUT2D eigenvalue weighted by atomic mass is 16.6. The molecule has 2 heteroatoms. The standard InChI is InChI=1S/C13H20O2/c1-2-6-14-13(5-1)10-3-4-11(13)8-12(7-10)9-15-12/h10-11H,1-9H2. The van der Waals surface area contributed by atoms with Crippen LogP contribution in [0.25, 0.3) is 0 Å². The van der Waals surface area contributed by atoms with Gasteiger partial charge in [-0.05, 0) is 56.8 Å². The van der Waals surface area contributed by atoms with Crippen LogP contribution in [-0.4, -0.2) is 24.4 Å². The molecule has 0 N–H and O–H groups in total. The van der Waals surface area contributed by atoms with E-state index in [1.54, 1.807) is 0 Å². The van der Waals surface area contributed by atoms with Gasteiger partial charge in [0.25, 0.3) is 0 Å². The molecule has 2 bridgehead atoms. The second kappa shape index (κ2) is 2.78. The summed E-state index contributed by atoms with van der Waals surface area (Å²) in [6.07, 6.45) is 9.39. The highest BCUT2D eigenvalue weighted by Crippen LogP contribution is 2.61. The summed E-state index contributed by atoms with van der Waals surface area (Å²) >= 11 is 0.